The summed E-state index contributed by atoms with van der Waals surface area (Å²) in [6.45, 7) is 17.3. The molecule has 12 atom stereocenters. The van der Waals surface area contributed by atoms with Gasteiger partial charge in [-0.15, -0.1) is 0 Å². The lowest BCUT2D eigenvalue weighted by Crippen LogP contribution is -3.00. The van der Waals surface area contributed by atoms with Gasteiger partial charge in [-0.1, -0.05) is 151 Å². The fourth-order valence-electron chi connectivity index (χ4n) is 19.7. The Morgan fingerprint density at radius 1 is 0.550 bits per heavy atom. The van der Waals surface area contributed by atoms with Crippen molar-refractivity contribution < 1.29 is 67.0 Å². The third kappa shape index (κ3) is 10.0. The van der Waals surface area contributed by atoms with Crippen LogP contribution in [0.4, 0.5) is 0 Å². The standard InChI is InChI=1S/C72H88O4P2.2HI/c1-52(51-78(58-35-21-12-22-36-58,59-37-23-13-24-38-59)60-39-25-14-26-40-60)61-43-46-72(67(74)75-8)48-47-70(6)62(65(61)72)41-42-64-69(5)50-54(66(76-53(2)73)68(3,4)63(69)44-45-71(64,70)7)28-27-49-77(55-29-15-9-16-30-55,56-31-17-10-18-32-56)57-33-19-11-20-34-57;;/h9-26,29-40,52,54,61-66H,27-28,41-51H2,1-8H3;2*1H/q+2;;/p-2/t52?,54-,61-,62?,63?,64?,65?,66-,69-,70+,71+,72-;;/m0../s1. The van der Waals surface area contributed by atoms with Crippen LogP contribution in [-0.2, 0) is 19.1 Å². The fraction of sp³-hybridized carbons (Fsp3) is 0.472. The van der Waals surface area contributed by atoms with Crippen molar-refractivity contribution in [3.8, 4) is 0 Å². The molecule has 0 aliphatic heterocycles. The van der Waals surface area contributed by atoms with Gasteiger partial charge in [-0.3, -0.25) is 9.59 Å². The summed E-state index contributed by atoms with van der Waals surface area (Å²) in [5, 5.41) is 8.59. The van der Waals surface area contributed by atoms with E-state index in [0.717, 1.165) is 70.1 Å². The molecule has 11 rings (SSSR count). The molecule has 80 heavy (non-hydrogen) atoms. The number of methoxy groups -OCH3 is 1. The zero-order valence-corrected chi connectivity index (χ0v) is 55.0. The topological polar surface area (TPSA) is 52.6 Å². The molecule has 0 bridgehead atoms. The number of fused-ring (bicyclic) bond motifs is 7. The zero-order chi connectivity index (χ0) is 54.6. The van der Waals surface area contributed by atoms with Gasteiger partial charge in [0, 0.05) is 12.3 Å². The van der Waals surface area contributed by atoms with Crippen molar-refractivity contribution in [1.82, 2.24) is 0 Å². The largest absolute Gasteiger partial charge is 1.00 e. The maximum atomic E-state index is 14.8. The van der Waals surface area contributed by atoms with Gasteiger partial charge in [-0.05, 0) is 201 Å². The van der Waals surface area contributed by atoms with Crippen molar-refractivity contribution in [1.29, 1.82) is 0 Å². The molecule has 0 saturated heterocycles. The van der Waals surface area contributed by atoms with Gasteiger partial charge in [0.15, 0.2) is 0 Å². The highest BCUT2D eigenvalue weighted by Crippen LogP contribution is 2.78. The first-order chi connectivity index (χ1) is 37.6. The first-order valence-corrected chi connectivity index (χ1v) is 33.9. The molecule has 5 fully saturated rings. The Morgan fingerprint density at radius 2 is 1.00 bits per heavy atom. The third-order valence-electron chi connectivity index (χ3n) is 22.9. The van der Waals surface area contributed by atoms with Crippen molar-refractivity contribution >= 4 is 58.3 Å². The van der Waals surface area contributed by atoms with E-state index in [-0.39, 0.29) is 99.5 Å². The predicted molar refractivity (Wildman–Crippen MR) is 329 cm³/mol. The number of esters is 2. The van der Waals surface area contributed by atoms with E-state index in [4.69, 9.17) is 9.47 Å². The molecule has 8 heteroatoms. The lowest BCUT2D eigenvalue weighted by atomic mass is 9.31. The average Bonchev–Trinajstić information content (AvgIpc) is 3.49. The molecule has 5 saturated carbocycles. The molecule has 0 N–H and O–H groups in total. The molecule has 424 valence electrons. The van der Waals surface area contributed by atoms with Crippen LogP contribution in [0.1, 0.15) is 119 Å². The Labute approximate surface area is 516 Å². The van der Waals surface area contributed by atoms with Crippen molar-refractivity contribution in [2.24, 2.45) is 68.5 Å². The summed E-state index contributed by atoms with van der Waals surface area (Å²) in [5.41, 5.74) is -0.464. The maximum Gasteiger partial charge on any atom is 0.312 e. The lowest BCUT2D eigenvalue weighted by Gasteiger charge is -2.73. The molecule has 0 spiro atoms. The highest BCUT2D eigenvalue weighted by molar-refractivity contribution is 7.96. The highest BCUT2D eigenvalue weighted by atomic mass is 127. The molecule has 0 aromatic heterocycles. The van der Waals surface area contributed by atoms with Crippen LogP contribution in [0.15, 0.2) is 182 Å². The number of carbonyl (C=O) groups excluding carboxylic acids is 2. The summed E-state index contributed by atoms with van der Waals surface area (Å²) in [4.78, 5) is 28.2. The molecule has 5 aliphatic rings. The van der Waals surface area contributed by atoms with Gasteiger partial charge in [0.2, 0.25) is 0 Å². The van der Waals surface area contributed by atoms with E-state index in [1.54, 1.807) is 14.0 Å². The molecule has 6 aromatic carbocycles. The molecule has 5 unspecified atom stereocenters. The minimum absolute atomic E-state index is 0. The number of ether oxygens (including phenoxy) is 2. The Kier molecular flexibility index (Phi) is 18.6. The van der Waals surface area contributed by atoms with E-state index >= 15 is 0 Å². The van der Waals surface area contributed by atoms with E-state index < -0.39 is 19.9 Å². The minimum atomic E-state index is -2.12. The Morgan fingerprint density at radius 3 is 1.44 bits per heavy atom. The summed E-state index contributed by atoms with van der Waals surface area (Å²) < 4.78 is 12.7. The van der Waals surface area contributed by atoms with Crippen LogP contribution in [0.25, 0.3) is 0 Å². The smallest absolute Gasteiger partial charge is 0.312 e. The number of carbonyl (C=O) groups is 2. The van der Waals surface area contributed by atoms with E-state index in [9.17, 15) is 9.59 Å². The lowest BCUT2D eigenvalue weighted by molar-refractivity contribution is -0.261. The Bertz CT molecular complexity index is 2830. The maximum absolute atomic E-state index is 14.8. The van der Waals surface area contributed by atoms with E-state index in [2.05, 4.69) is 224 Å². The average molecular weight is 1330 g/mol. The number of hydrogen-bond donors (Lipinski definition) is 0. The molecule has 0 amide bonds. The fourth-order valence-corrected chi connectivity index (χ4v) is 28.8. The second-order valence-electron chi connectivity index (χ2n) is 26.5. The molecule has 4 nitrogen and oxygen atoms in total. The third-order valence-corrected chi connectivity index (χ3v) is 32.1. The SMILES string of the molecule is COC(=O)[C@]12CC[C@@H](C(C)C[P+](c3ccccc3)(c3ccccc3)c3ccccc3)C1C1CCC3[C@@]4(C)C[C@H](CCC[P+](c5ccccc5)(c5ccccc5)c5ccccc5)[C@H](OC(C)=O)C(C)(C)C4CC[C@@]3(C)[C@]1(C)CC2.[I-].[I-]. The quantitative estimate of drug-likeness (QED) is 0.0587. The second kappa shape index (κ2) is 24.3. The van der Waals surface area contributed by atoms with Gasteiger partial charge in [0.05, 0.1) is 24.8 Å². The monoisotopic (exact) mass is 1330 g/mol. The Hall–Kier alpha value is -3.42. The molecule has 0 radical (unpaired) electrons. The normalized spacial score (nSPS) is 30.8. The van der Waals surface area contributed by atoms with E-state index in [0.29, 0.717) is 29.6 Å². The summed E-state index contributed by atoms with van der Waals surface area (Å²) in [5.74, 6) is 2.55. The number of benzene rings is 6. The van der Waals surface area contributed by atoms with Gasteiger partial charge in [-0.2, -0.15) is 0 Å². The summed E-state index contributed by atoms with van der Waals surface area (Å²) >= 11 is 0. The molecular weight excluding hydrogens is 1240 g/mol. The van der Waals surface area contributed by atoms with Gasteiger partial charge in [0.1, 0.15) is 52.5 Å². The van der Waals surface area contributed by atoms with Crippen LogP contribution in [0.2, 0.25) is 0 Å². The number of hydrogen-bond acceptors (Lipinski definition) is 4. The Balaban J connectivity index is 0.00000387. The van der Waals surface area contributed by atoms with E-state index in [1.807, 2.05) is 0 Å². The number of rotatable bonds is 15. The summed E-state index contributed by atoms with van der Waals surface area (Å²) in [7, 11) is -2.50. The number of halogens is 2. The first-order valence-electron chi connectivity index (χ1n) is 30.0. The van der Waals surface area contributed by atoms with Crippen LogP contribution in [0.3, 0.4) is 0 Å². The molecule has 0 heterocycles. The van der Waals surface area contributed by atoms with Gasteiger partial charge >= 0.3 is 11.9 Å². The first kappa shape index (κ1) is 61.1. The van der Waals surface area contributed by atoms with Crippen LogP contribution in [0, 0.1) is 68.5 Å². The van der Waals surface area contributed by atoms with Crippen molar-refractivity contribution in [3.05, 3.63) is 182 Å². The van der Waals surface area contributed by atoms with Crippen molar-refractivity contribution in [3.63, 3.8) is 0 Å². The summed E-state index contributed by atoms with van der Waals surface area (Å²) in [6, 6.07) is 68.3. The highest BCUT2D eigenvalue weighted by Gasteiger charge is 2.73. The predicted octanol–water partition coefficient (Wildman–Crippen LogP) is 8.81. The van der Waals surface area contributed by atoms with Crippen molar-refractivity contribution in [2.45, 2.75) is 125 Å². The molecule has 6 aromatic rings. The van der Waals surface area contributed by atoms with E-state index in [1.165, 1.54) is 44.7 Å². The van der Waals surface area contributed by atoms with Gasteiger partial charge in [-0.25, -0.2) is 0 Å². The molecular formula is C72H88I2O4P2. The van der Waals surface area contributed by atoms with Gasteiger partial charge in [0.25, 0.3) is 0 Å². The minimum Gasteiger partial charge on any atom is -1.00 e. The van der Waals surface area contributed by atoms with Crippen LogP contribution in [0.5, 0.6) is 0 Å². The van der Waals surface area contributed by atoms with Crippen LogP contribution in [-0.4, -0.2) is 37.5 Å². The van der Waals surface area contributed by atoms with Crippen molar-refractivity contribution in [2.75, 3.05) is 19.4 Å². The van der Waals surface area contributed by atoms with Crippen LogP contribution >= 0.6 is 14.5 Å². The zero-order valence-electron chi connectivity index (χ0n) is 48.9. The summed E-state index contributed by atoms with van der Waals surface area (Å²) in [6.07, 6.45) is 13.7. The van der Waals surface area contributed by atoms with Crippen LogP contribution < -0.4 is 79.8 Å². The second-order valence-corrected chi connectivity index (χ2v) is 33.7. The van der Waals surface area contributed by atoms with Gasteiger partial charge < -0.3 is 57.4 Å². The molecule has 5 aliphatic carbocycles.